The van der Waals surface area contributed by atoms with Gasteiger partial charge < -0.3 is 5.73 Å². The van der Waals surface area contributed by atoms with Crippen molar-refractivity contribution >= 4 is 49.9 Å². The minimum absolute atomic E-state index is 0.109. The zero-order valence-corrected chi connectivity index (χ0v) is 13.0. The van der Waals surface area contributed by atoms with Gasteiger partial charge in [-0.1, -0.05) is 35.6 Å². The normalized spacial score (nSPS) is 21.1. The van der Waals surface area contributed by atoms with Gasteiger partial charge in [-0.05, 0) is 29.8 Å². The van der Waals surface area contributed by atoms with Crippen LogP contribution in [0.15, 0.2) is 48.5 Å². The second-order valence-corrected chi connectivity index (χ2v) is 6.66. The fraction of sp³-hybridized carbons (Fsp3) is 0.125. The SMILES string of the molecule is Nc1ccc(C2C(Cl)C(=O)N2c2nc3ccccc3s2)cc1. The summed E-state index contributed by atoms with van der Waals surface area (Å²) in [5, 5.41) is 0.126. The molecule has 0 saturated carbocycles. The van der Waals surface area contributed by atoms with Crippen LogP contribution >= 0.6 is 22.9 Å². The van der Waals surface area contributed by atoms with E-state index >= 15 is 0 Å². The van der Waals surface area contributed by atoms with Crippen molar-refractivity contribution in [2.45, 2.75) is 11.4 Å². The number of halogens is 1. The number of aromatic nitrogens is 1. The summed E-state index contributed by atoms with van der Waals surface area (Å²) in [6, 6.07) is 15.1. The predicted molar refractivity (Wildman–Crippen MR) is 90.3 cm³/mol. The Morgan fingerprint density at radius 2 is 1.86 bits per heavy atom. The molecule has 1 saturated heterocycles. The van der Waals surface area contributed by atoms with Gasteiger partial charge in [0, 0.05) is 5.69 Å². The summed E-state index contributed by atoms with van der Waals surface area (Å²) in [6.45, 7) is 0. The molecule has 1 aromatic heterocycles. The molecule has 1 aliphatic rings. The lowest BCUT2D eigenvalue weighted by atomic mass is 9.94. The molecule has 1 fully saturated rings. The lowest BCUT2D eigenvalue weighted by Gasteiger charge is -2.42. The van der Waals surface area contributed by atoms with E-state index in [9.17, 15) is 4.79 Å². The molecule has 0 bridgehead atoms. The number of β-lactam (4-membered cyclic amide) rings is 1. The van der Waals surface area contributed by atoms with Crippen LogP contribution in [-0.2, 0) is 4.79 Å². The molecule has 4 rings (SSSR count). The minimum Gasteiger partial charge on any atom is -0.399 e. The van der Waals surface area contributed by atoms with Crippen LogP contribution in [0.3, 0.4) is 0 Å². The topological polar surface area (TPSA) is 59.2 Å². The van der Waals surface area contributed by atoms with Gasteiger partial charge in [0.25, 0.3) is 0 Å². The van der Waals surface area contributed by atoms with E-state index in [1.54, 1.807) is 4.90 Å². The van der Waals surface area contributed by atoms with Crippen LogP contribution < -0.4 is 10.6 Å². The number of anilines is 2. The summed E-state index contributed by atoms with van der Waals surface area (Å²) in [7, 11) is 0. The zero-order chi connectivity index (χ0) is 15.3. The van der Waals surface area contributed by atoms with Crippen LogP contribution in [0.25, 0.3) is 10.2 Å². The van der Waals surface area contributed by atoms with Crippen molar-refractivity contribution in [2.75, 3.05) is 10.6 Å². The third kappa shape index (κ3) is 1.97. The van der Waals surface area contributed by atoms with Gasteiger partial charge in [0.1, 0.15) is 5.38 Å². The van der Waals surface area contributed by atoms with Gasteiger partial charge in [0.2, 0.25) is 5.91 Å². The van der Waals surface area contributed by atoms with E-state index in [0.717, 1.165) is 15.8 Å². The summed E-state index contributed by atoms with van der Waals surface area (Å²) in [5.74, 6) is -0.109. The largest absolute Gasteiger partial charge is 0.399 e. The van der Waals surface area contributed by atoms with Gasteiger partial charge in [-0.15, -0.1) is 11.6 Å². The molecule has 0 spiro atoms. The number of carbonyl (C=O) groups excluding carboxylic acids is 1. The van der Waals surface area contributed by atoms with Gasteiger partial charge in [-0.3, -0.25) is 9.69 Å². The Labute approximate surface area is 136 Å². The molecule has 4 nitrogen and oxygen atoms in total. The molecule has 1 aliphatic heterocycles. The molecular weight excluding hydrogens is 318 g/mol. The highest BCUT2D eigenvalue weighted by Gasteiger charge is 2.49. The molecule has 2 aromatic carbocycles. The Morgan fingerprint density at radius 3 is 2.59 bits per heavy atom. The molecule has 2 unspecified atom stereocenters. The molecule has 0 aliphatic carbocycles. The van der Waals surface area contributed by atoms with E-state index in [1.165, 1.54) is 11.3 Å². The van der Waals surface area contributed by atoms with Crippen LogP contribution in [0.5, 0.6) is 0 Å². The van der Waals surface area contributed by atoms with Crippen LogP contribution in [0.4, 0.5) is 10.8 Å². The van der Waals surface area contributed by atoms with Crippen molar-refractivity contribution in [3.63, 3.8) is 0 Å². The number of nitrogens with two attached hydrogens (primary N) is 1. The van der Waals surface area contributed by atoms with Crippen molar-refractivity contribution in [1.29, 1.82) is 0 Å². The number of carbonyl (C=O) groups is 1. The molecule has 6 heteroatoms. The molecule has 3 aromatic rings. The van der Waals surface area contributed by atoms with Crippen molar-refractivity contribution in [2.24, 2.45) is 0 Å². The van der Waals surface area contributed by atoms with Crippen molar-refractivity contribution in [3.05, 3.63) is 54.1 Å². The molecule has 2 heterocycles. The van der Waals surface area contributed by atoms with Gasteiger partial charge >= 0.3 is 0 Å². The van der Waals surface area contributed by atoms with Gasteiger partial charge in [0.05, 0.1) is 16.3 Å². The monoisotopic (exact) mass is 329 g/mol. The maximum Gasteiger partial charge on any atom is 0.249 e. The highest BCUT2D eigenvalue weighted by molar-refractivity contribution is 7.22. The fourth-order valence-corrected chi connectivity index (χ4v) is 4.01. The number of para-hydroxylation sites is 1. The Hall–Kier alpha value is -2.11. The molecule has 110 valence electrons. The average molecular weight is 330 g/mol. The summed E-state index contributed by atoms with van der Waals surface area (Å²) in [6.07, 6.45) is 0. The van der Waals surface area contributed by atoms with E-state index in [0.29, 0.717) is 10.8 Å². The fourth-order valence-electron chi connectivity index (χ4n) is 2.64. The number of nitrogens with zero attached hydrogens (tertiary/aromatic N) is 2. The quantitative estimate of drug-likeness (QED) is 0.444. The molecule has 2 atom stereocenters. The number of rotatable bonds is 2. The van der Waals surface area contributed by atoms with Crippen molar-refractivity contribution in [3.8, 4) is 0 Å². The first kappa shape index (κ1) is 13.5. The molecule has 0 radical (unpaired) electrons. The maximum atomic E-state index is 12.2. The highest BCUT2D eigenvalue weighted by Crippen LogP contribution is 2.44. The minimum atomic E-state index is -0.560. The van der Waals surface area contributed by atoms with E-state index in [-0.39, 0.29) is 11.9 Å². The van der Waals surface area contributed by atoms with Crippen LogP contribution in [-0.4, -0.2) is 16.3 Å². The maximum absolute atomic E-state index is 12.2. The molecule has 22 heavy (non-hydrogen) atoms. The number of amides is 1. The predicted octanol–water partition coefficient (Wildman–Crippen LogP) is 3.57. The first-order valence-corrected chi connectivity index (χ1v) is 8.08. The first-order chi connectivity index (χ1) is 10.6. The number of nitrogen functional groups attached to an aromatic ring is 1. The highest BCUT2D eigenvalue weighted by atomic mass is 35.5. The summed E-state index contributed by atoms with van der Waals surface area (Å²) < 4.78 is 1.05. The smallest absolute Gasteiger partial charge is 0.249 e. The summed E-state index contributed by atoms with van der Waals surface area (Å²) >= 11 is 7.74. The second kappa shape index (κ2) is 4.97. The van der Waals surface area contributed by atoms with Crippen LogP contribution in [0.2, 0.25) is 0 Å². The van der Waals surface area contributed by atoms with E-state index < -0.39 is 5.38 Å². The van der Waals surface area contributed by atoms with Gasteiger partial charge in [-0.2, -0.15) is 0 Å². The summed E-state index contributed by atoms with van der Waals surface area (Å²) in [5.41, 5.74) is 8.27. The molecular formula is C16H12ClN3OS. The lowest BCUT2D eigenvalue weighted by Crippen LogP contribution is -2.56. The number of benzene rings is 2. The van der Waals surface area contributed by atoms with Crippen LogP contribution in [0, 0.1) is 0 Å². The second-order valence-electron chi connectivity index (χ2n) is 5.19. The third-order valence-electron chi connectivity index (χ3n) is 3.80. The molecule has 2 N–H and O–H groups in total. The van der Waals surface area contributed by atoms with E-state index in [2.05, 4.69) is 4.98 Å². The third-order valence-corrected chi connectivity index (χ3v) is 5.26. The lowest BCUT2D eigenvalue weighted by molar-refractivity contribution is -0.123. The van der Waals surface area contributed by atoms with E-state index in [1.807, 2.05) is 48.5 Å². The number of alkyl halides is 1. The number of hydrogen-bond donors (Lipinski definition) is 1. The molecule has 1 amide bonds. The number of hydrogen-bond acceptors (Lipinski definition) is 4. The van der Waals surface area contributed by atoms with Crippen molar-refractivity contribution in [1.82, 2.24) is 4.98 Å². The van der Waals surface area contributed by atoms with Crippen molar-refractivity contribution < 1.29 is 4.79 Å². The summed E-state index contributed by atoms with van der Waals surface area (Å²) in [4.78, 5) is 18.5. The number of thiazole rings is 1. The standard InChI is InChI=1S/C16H12ClN3OS/c17-13-14(9-5-7-10(18)8-6-9)20(15(13)21)16-19-11-3-1-2-4-12(11)22-16/h1-8,13-14H,18H2. The van der Waals surface area contributed by atoms with E-state index in [4.69, 9.17) is 17.3 Å². The Morgan fingerprint density at radius 1 is 1.14 bits per heavy atom. The zero-order valence-electron chi connectivity index (χ0n) is 11.4. The Balaban J connectivity index is 1.75. The average Bonchev–Trinajstić information content (AvgIpc) is 2.95. The number of fused-ring (bicyclic) bond motifs is 1. The first-order valence-electron chi connectivity index (χ1n) is 6.83. The van der Waals surface area contributed by atoms with Gasteiger partial charge in [-0.25, -0.2) is 4.98 Å². The Kier molecular flexibility index (Phi) is 3.06. The van der Waals surface area contributed by atoms with Gasteiger partial charge in [0.15, 0.2) is 5.13 Å². The van der Waals surface area contributed by atoms with Crippen LogP contribution in [0.1, 0.15) is 11.6 Å². The Bertz CT molecular complexity index is 828.